The molecule has 1 amide bonds. The number of hydrogen-bond acceptors (Lipinski definition) is 3. The lowest BCUT2D eigenvalue weighted by Gasteiger charge is -2.29. The first-order chi connectivity index (χ1) is 9.04. The number of aromatic nitrogens is 1. The smallest absolute Gasteiger partial charge is 0.222 e. The Morgan fingerprint density at radius 1 is 1.37 bits per heavy atom. The van der Waals surface area contributed by atoms with Crippen molar-refractivity contribution in [2.45, 2.75) is 12.5 Å². The second-order valence-electron chi connectivity index (χ2n) is 4.99. The second kappa shape index (κ2) is 4.38. The summed E-state index contributed by atoms with van der Waals surface area (Å²) >= 11 is 5.96. The minimum absolute atomic E-state index is 0.101. The van der Waals surface area contributed by atoms with Crippen molar-refractivity contribution >= 4 is 34.0 Å². The van der Waals surface area contributed by atoms with E-state index in [1.54, 1.807) is 6.20 Å². The number of rotatable bonds is 2. The van der Waals surface area contributed by atoms with Crippen molar-refractivity contribution in [1.29, 1.82) is 0 Å². The van der Waals surface area contributed by atoms with E-state index < -0.39 is 0 Å². The van der Waals surface area contributed by atoms with Crippen molar-refractivity contribution in [1.82, 2.24) is 10.3 Å². The topological polar surface area (TPSA) is 45.2 Å². The number of carbonyl (C=O) groups is 1. The average molecular weight is 276 g/mol. The van der Waals surface area contributed by atoms with Gasteiger partial charge in [-0.3, -0.25) is 4.79 Å². The van der Waals surface area contributed by atoms with Gasteiger partial charge in [-0.25, -0.2) is 4.98 Å². The number of amides is 1. The van der Waals surface area contributed by atoms with Gasteiger partial charge in [0.1, 0.15) is 5.15 Å². The van der Waals surface area contributed by atoms with Crippen molar-refractivity contribution in [2.75, 3.05) is 19.0 Å². The molecule has 3 rings (SSSR count). The molecule has 1 aliphatic heterocycles. The molecule has 1 aliphatic rings. The number of anilines is 1. The molecule has 0 bridgehead atoms. The van der Waals surface area contributed by atoms with Crippen LogP contribution in [0.4, 0.5) is 5.69 Å². The summed E-state index contributed by atoms with van der Waals surface area (Å²) in [5.41, 5.74) is 2.19. The lowest BCUT2D eigenvalue weighted by atomic mass is 9.94. The van der Waals surface area contributed by atoms with Crippen LogP contribution in [-0.2, 0) is 4.79 Å². The Bertz CT molecular complexity index is 661. The SMILES string of the molecule is CN(C)c1cc(C2CC(=O)N2)cc2cc(Cl)ncc12. The molecule has 1 aromatic carbocycles. The monoisotopic (exact) mass is 275 g/mol. The summed E-state index contributed by atoms with van der Waals surface area (Å²) in [5.74, 6) is 0.101. The predicted molar refractivity (Wildman–Crippen MR) is 76.6 cm³/mol. The van der Waals surface area contributed by atoms with Crippen molar-refractivity contribution in [3.63, 3.8) is 0 Å². The molecule has 1 atom stereocenters. The van der Waals surface area contributed by atoms with Crippen LogP contribution in [0.25, 0.3) is 10.8 Å². The fourth-order valence-electron chi connectivity index (χ4n) is 2.37. The van der Waals surface area contributed by atoms with Gasteiger partial charge in [0.15, 0.2) is 0 Å². The molecular weight excluding hydrogens is 262 g/mol. The normalized spacial score (nSPS) is 18.1. The molecule has 0 aliphatic carbocycles. The summed E-state index contributed by atoms with van der Waals surface area (Å²) in [6.45, 7) is 0. The van der Waals surface area contributed by atoms with Crippen LogP contribution in [0.2, 0.25) is 5.15 Å². The fourth-order valence-corrected chi connectivity index (χ4v) is 2.53. The molecule has 1 saturated heterocycles. The van der Waals surface area contributed by atoms with Crippen molar-refractivity contribution in [3.05, 3.63) is 35.1 Å². The molecule has 5 heteroatoms. The Morgan fingerprint density at radius 3 is 2.74 bits per heavy atom. The average Bonchev–Trinajstić information content (AvgIpc) is 2.33. The largest absolute Gasteiger partial charge is 0.377 e. The van der Waals surface area contributed by atoms with Gasteiger partial charge in [-0.2, -0.15) is 0 Å². The fraction of sp³-hybridized carbons (Fsp3) is 0.286. The molecule has 0 spiro atoms. The summed E-state index contributed by atoms with van der Waals surface area (Å²) in [4.78, 5) is 17.3. The summed E-state index contributed by atoms with van der Waals surface area (Å²) in [5, 5.41) is 5.48. The Balaban J connectivity index is 2.16. The predicted octanol–water partition coefficient (Wildman–Crippen LogP) is 2.52. The molecule has 1 unspecified atom stereocenters. The zero-order valence-electron chi connectivity index (χ0n) is 10.8. The van der Waals surface area contributed by atoms with E-state index in [0.29, 0.717) is 11.6 Å². The zero-order chi connectivity index (χ0) is 13.6. The van der Waals surface area contributed by atoms with Crippen LogP contribution >= 0.6 is 11.6 Å². The molecule has 98 valence electrons. The van der Waals surface area contributed by atoms with Crippen LogP contribution < -0.4 is 10.2 Å². The number of halogens is 1. The summed E-state index contributed by atoms with van der Waals surface area (Å²) in [7, 11) is 3.99. The number of fused-ring (bicyclic) bond motifs is 1. The molecule has 0 saturated carbocycles. The number of benzene rings is 1. The van der Waals surface area contributed by atoms with Gasteiger partial charge in [0.2, 0.25) is 5.91 Å². The third kappa shape index (κ3) is 2.12. The Kier molecular flexibility index (Phi) is 2.82. The molecular formula is C14H14ClN3O. The maximum atomic E-state index is 11.1. The standard InChI is InChI=1S/C14H14ClN3O/c1-18(2)12-4-9(11-6-14(19)17-11)3-8-5-13(15)16-7-10(8)12/h3-5,7,11H,6H2,1-2H3,(H,17,19). The second-order valence-corrected chi connectivity index (χ2v) is 5.37. The van der Waals surface area contributed by atoms with E-state index in [1.165, 1.54) is 0 Å². The first kappa shape index (κ1) is 12.2. The third-order valence-corrected chi connectivity index (χ3v) is 3.62. The van der Waals surface area contributed by atoms with Gasteiger partial charge in [-0.05, 0) is 29.1 Å². The first-order valence-electron chi connectivity index (χ1n) is 6.10. The molecule has 2 heterocycles. The first-order valence-corrected chi connectivity index (χ1v) is 6.48. The van der Waals surface area contributed by atoms with Gasteiger partial charge in [0.25, 0.3) is 0 Å². The van der Waals surface area contributed by atoms with Crippen LogP contribution in [-0.4, -0.2) is 25.0 Å². The Hall–Kier alpha value is -1.81. The number of β-lactam (4-membered cyclic amide) rings is 1. The highest BCUT2D eigenvalue weighted by molar-refractivity contribution is 6.30. The minimum Gasteiger partial charge on any atom is -0.377 e. The number of carbonyl (C=O) groups excluding carboxylic acids is 1. The Morgan fingerprint density at radius 2 is 2.11 bits per heavy atom. The highest BCUT2D eigenvalue weighted by Crippen LogP contribution is 2.33. The Labute approximate surface area is 116 Å². The summed E-state index contributed by atoms with van der Waals surface area (Å²) in [6.07, 6.45) is 2.34. The van der Waals surface area contributed by atoms with E-state index in [-0.39, 0.29) is 11.9 Å². The molecule has 0 radical (unpaired) electrons. The zero-order valence-corrected chi connectivity index (χ0v) is 11.5. The lowest BCUT2D eigenvalue weighted by molar-refractivity contribution is -0.128. The van der Waals surface area contributed by atoms with E-state index >= 15 is 0 Å². The van der Waals surface area contributed by atoms with Crippen LogP contribution in [0.15, 0.2) is 24.4 Å². The lowest BCUT2D eigenvalue weighted by Crippen LogP contribution is -2.41. The van der Waals surface area contributed by atoms with Crippen LogP contribution in [0.3, 0.4) is 0 Å². The minimum atomic E-state index is 0.101. The van der Waals surface area contributed by atoms with Gasteiger partial charge in [0.05, 0.1) is 12.5 Å². The van der Waals surface area contributed by atoms with Gasteiger partial charge >= 0.3 is 0 Å². The summed E-state index contributed by atoms with van der Waals surface area (Å²) in [6, 6.07) is 6.14. The van der Waals surface area contributed by atoms with Gasteiger partial charge in [0, 0.05) is 31.4 Å². The third-order valence-electron chi connectivity index (χ3n) is 3.41. The van der Waals surface area contributed by atoms with E-state index in [1.807, 2.05) is 25.1 Å². The van der Waals surface area contributed by atoms with E-state index in [2.05, 4.69) is 22.4 Å². The maximum Gasteiger partial charge on any atom is 0.222 e. The summed E-state index contributed by atoms with van der Waals surface area (Å²) < 4.78 is 0. The molecule has 1 N–H and O–H groups in total. The highest BCUT2D eigenvalue weighted by Gasteiger charge is 2.27. The quantitative estimate of drug-likeness (QED) is 0.677. The molecule has 1 fully saturated rings. The number of nitrogens with zero attached hydrogens (tertiary/aromatic N) is 2. The van der Waals surface area contributed by atoms with E-state index in [0.717, 1.165) is 22.0 Å². The van der Waals surface area contributed by atoms with Crippen LogP contribution in [0.1, 0.15) is 18.0 Å². The molecule has 19 heavy (non-hydrogen) atoms. The van der Waals surface area contributed by atoms with E-state index in [4.69, 9.17) is 11.6 Å². The van der Waals surface area contributed by atoms with Crippen LogP contribution in [0, 0.1) is 0 Å². The molecule has 1 aromatic heterocycles. The molecule has 4 nitrogen and oxygen atoms in total. The van der Waals surface area contributed by atoms with Crippen LogP contribution in [0.5, 0.6) is 0 Å². The van der Waals surface area contributed by atoms with Crippen molar-refractivity contribution in [2.24, 2.45) is 0 Å². The number of hydrogen-bond donors (Lipinski definition) is 1. The van der Waals surface area contributed by atoms with Gasteiger partial charge in [-0.1, -0.05) is 11.6 Å². The van der Waals surface area contributed by atoms with Crippen molar-refractivity contribution in [3.8, 4) is 0 Å². The van der Waals surface area contributed by atoms with Crippen molar-refractivity contribution < 1.29 is 4.79 Å². The number of nitrogens with one attached hydrogen (secondary N) is 1. The van der Waals surface area contributed by atoms with E-state index in [9.17, 15) is 4.79 Å². The molecule has 2 aromatic rings. The highest BCUT2D eigenvalue weighted by atomic mass is 35.5. The van der Waals surface area contributed by atoms with Gasteiger partial charge < -0.3 is 10.2 Å². The number of pyridine rings is 1. The maximum absolute atomic E-state index is 11.1. The van der Waals surface area contributed by atoms with Gasteiger partial charge in [-0.15, -0.1) is 0 Å².